The van der Waals surface area contributed by atoms with Crippen LogP contribution in [0.15, 0.2) is 34.1 Å². The highest BCUT2D eigenvalue weighted by Crippen LogP contribution is 2.28. The number of hydrogen-bond acceptors (Lipinski definition) is 7. The molecule has 4 rings (SSSR count). The largest absolute Gasteiger partial charge is 0.408 e. The van der Waals surface area contributed by atoms with E-state index in [9.17, 15) is 4.39 Å². The number of rotatable bonds is 6. The zero-order chi connectivity index (χ0) is 19.7. The second kappa shape index (κ2) is 8.14. The number of alkyl halides is 1. The normalized spacial score (nSPS) is 19.7. The van der Waals surface area contributed by atoms with Gasteiger partial charge in [-0.3, -0.25) is 4.90 Å². The van der Waals surface area contributed by atoms with Crippen LogP contribution in [0.25, 0.3) is 11.3 Å². The monoisotopic (exact) mass is 421 g/mol. The molecular weight excluding hydrogens is 401 g/mol. The first-order chi connectivity index (χ1) is 13.5. The third kappa shape index (κ3) is 4.34. The van der Waals surface area contributed by atoms with Gasteiger partial charge in [-0.1, -0.05) is 28.8 Å². The van der Waals surface area contributed by atoms with E-state index in [0.717, 1.165) is 16.3 Å². The molecule has 1 aliphatic heterocycles. The van der Waals surface area contributed by atoms with E-state index in [1.165, 1.54) is 0 Å². The number of halogens is 2. The minimum absolute atomic E-state index is 0.00721. The van der Waals surface area contributed by atoms with E-state index in [2.05, 4.69) is 15.1 Å². The summed E-state index contributed by atoms with van der Waals surface area (Å²) in [5.74, 6) is 0.487. The highest BCUT2D eigenvalue weighted by atomic mass is 35.5. The van der Waals surface area contributed by atoms with Gasteiger partial charge in [0.05, 0.1) is 18.8 Å². The number of aryl methyl sites for hydroxylation is 1. The molecule has 0 radical (unpaired) electrons. The molecule has 1 fully saturated rings. The number of benzene rings is 1. The summed E-state index contributed by atoms with van der Waals surface area (Å²) in [6.45, 7) is 3.40. The summed E-state index contributed by atoms with van der Waals surface area (Å²) in [5, 5.41) is 11.7. The fraction of sp³-hybridized carbons (Fsp3) is 0.421. The van der Waals surface area contributed by atoms with Gasteiger partial charge in [0.15, 0.2) is 0 Å². The first kappa shape index (κ1) is 19.3. The van der Waals surface area contributed by atoms with Gasteiger partial charge in [-0.2, -0.15) is 0 Å². The van der Waals surface area contributed by atoms with E-state index in [1.807, 2.05) is 41.6 Å². The summed E-state index contributed by atoms with van der Waals surface area (Å²) < 4.78 is 19.6. The molecule has 2 atom stereocenters. The topological polar surface area (TPSA) is 58.3 Å². The molecule has 2 aromatic heterocycles. The van der Waals surface area contributed by atoms with Crippen molar-refractivity contribution in [3.05, 3.63) is 45.6 Å². The minimum atomic E-state index is -0.889. The summed E-state index contributed by atoms with van der Waals surface area (Å²) >= 11 is 7.69. The molecule has 3 heterocycles. The highest BCUT2D eigenvalue weighted by molar-refractivity contribution is 7.09. The molecule has 148 valence electrons. The fourth-order valence-corrected chi connectivity index (χ4v) is 4.56. The quantitative estimate of drug-likeness (QED) is 0.594. The third-order valence-corrected chi connectivity index (χ3v) is 5.79. The van der Waals surface area contributed by atoms with Gasteiger partial charge < -0.3 is 9.32 Å². The second-order valence-corrected chi connectivity index (χ2v) is 8.46. The molecule has 0 N–H and O–H groups in total. The lowest BCUT2D eigenvalue weighted by Gasteiger charge is -2.26. The Bertz CT molecular complexity index is 948. The van der Waals surface area contributed by atoms with Crippen molar-refractivity contribution in [1.29, 1.82) is 0 Å². The fourth-order valence-electron chi connectivity index (χ4n) is 3.49. The van der Waals surface area contributed by atoms with Crippen molar-refractivity contribution in [2.24, 2.45) is 0 Å². The third-order valence-electron chi connectivity index (χ3n) is 4.72. The van der Waals surface area contributed by atoms with E-state index in [-0.39, 0.29) is 12.6 Å². The average molecular weight is 422 g/mol. The van der Waals surface area contributed by atoms with Gasteiger partial charge in [-0.25, -0.2) is 9.37 Å². The summed E-state index contributed by atoms with van der Waals surface area (Å²) in [4.78, 5) is 8.75. The van der Waals surface area contributed by atoms with Crippen LogP contribution in [0.4, 0.5) is 10.4 Å². The Labute approximate surface area is 172 Å². The minimum Gasteiger partial charge on any atom is -0.408 e. The van der Waals surface area contributed by atoms with E-state index >= 15 is 0 Å². The van der Waals surface area contributed by atoms with Crippen LogP contribution in [0.2, 0.25) is 5.02 Å². The van der Waals surface area contributed by atoms with Crippen molar-refractivity contribution >= 4 is 29.0 Å². The Morgan fingerprint density at radius 2 is 2.25 bits per heavy atom. The smallest absolute Gasteiger partial charge is 0.318 e. The molecule has 1 aliphatic rings. The summed E-state index contributed by atoms with van der Waals surface area (Å²) in [6.07, 6.45) is -0.433. The van der Waals surface area contributed by atoms with Gasteiger partial charge in [-0.05, 0) is 19.2 Å². The van der Waals surface area contributed by atoms with E-state index in [1.54, 1.807) is 18.3 Å². The zero-order valence-electron chi connectivity index (χ0n) is 15.7. The van der Waals surface area contributed by atoms with Crippen LogP contribution in [0.3, 0.4) is 0 Å². The maximum atomic E-state index is 14.0. The lowest BCUT2D eigenvalue weighted by Crippen LogP contribution is -2.38. The number of likely N-dealkylation sites (N-methyl/N-ethyl adjacent to an activating group) is 1. The van der Waals surface area contributed by atoms with Crippen LogP contribution in [0.5, 0.6) is 0 Å². The molecule has 0 saturated carbocycles. The molecule has 6 nitrogen and oxygen atoms in total. The van der Waals surface area contributed by atoms with E-state index in [4.69, 9.17) is 21.0 Å². The molecule has 0 aliphatic carbocycles. The predicted molar refractivity (Wildman–Crippen MR) is 109 cm³/mol. The van der Waals surface area contributed by atoms with Crippen LogP contribution in [-0.2, 0) is 6.54 Å². The maximum Gasteiger partial charge on any atom is 0.318 e. The number of nitrogens with zero attached hydrogens (tertiary/aromatic N) is 5. The van der Waals surface area contributed by atoms with Crippen LogP contribution in [0, 0.1) is 6.92 Å². The Hall–Kier alpha value is -2.03. The standard InChI is InChI=1S/C19H21ClFN5OS/c1-12-23-24-19(27-12)26-8-15(21)7-16(26)9-25(2)10-18-22-17(11-28-18)13-4-3-5-14(20)6-13/h3-6,11,15-16H,7-10H2,1-2H3/t15-,16-/m0/s1. The molecule has 0 amide bonds. The predicted octanol–water partition coefficient (Wildman–Crippen LogP) is 4.20. The molecule has 0 unspecified atom stereocenters. The Morgan fingerprint density at radius 1 is 1.39 bits per heavy atom. The van der Waals surface area contributed by atoms with Gasteiger partial charge in [0, 0.05) is 41.9 Å². The number of anilines is 1. The van der Waals surface area contributed by atoms with Gasteiger partial charge in [0.2, 0.25) is 5.89 Å². The lowest BCUT2D eigenvalue weighted by molar-refractivity contribution is 0.287. The van der Waals surface area contributed by atoms with Gasteiger partial charge in [0.1, 0.15) is 11.2 Å². The van der Waals surface area contributed by atoms with Crippen LogP contribution >= 0.6 is 22.9 Å². The molecule has 28 heavy (non-hydrogen) atoms. The van der Waals surface area contributed by atoms with Crippen molar-refractivity contribution in [2.75, 3.05) is 25.0 Å². The van der Waals surface area contributed by atoms with Crippen LogP contribution in [0.1, 0.15) is 17.3 Å². The molecule has 9 heteroatoms. The van der Waals surface area contributed by atoms with Crippen molar-refractivity contribution in [2.45, 2.75) is 32.1 Å². The number of hydrogen-bond donors (Lipinski definition) is 0. The van der Waals surface area contributed by atoms with Gasteiger partial charge in [-0.15, -0.1) is 16.4 Å². The molecular formula is C19H21ClFN5OS. The molecule has 3 aromatic rings. The Morgan fingerprint density at radius 3 is 3.00 bits per heavy atom. The number of thiazole rings is 1. The maximum absolute atomic E-state index is 14.0. The Balaban J connectivity index is 1.40. The van der Waals surface area contributed by atoms with Gasteiger partial charge >= 0.3 is 6.01 Å². The Kier molecular flexibility index (Phi) is 5.61. The average Bonchev–Trinajstić information content (AvgIpc) is 3.35. The summed E-state index contributed by atoms with van der Waals surface area (Å²) in [6, 6.07) is 8.07. The summed E-state index contributed by atoms with van der Waals surface area (Å²) in [7, 11) is 2.02. The van der Waals surface area contributed by atoms with E-state index < -0.39 is 6.17 Å². The van der Waals surface area contributed by atoms with Crippen molar-refractivity contribution in [3.63, 3.8) is 0 Å². The molecule has 1 aromatic carbocycles. The molecule has 0 spiro atoms. The highest BCUT2D eigenvalue weighted by Gasteiger charge is 2.35. The van der Waals surface area contributed by atoms with Crippen LogP contribution in [-0.4, -0.2) is 52.4 Å². The first-order valence-corrected chi connectivity index (χ1v) is 10.3. The first-order valence-electron chi connectivity index (χ1n) is 9.07. The number of aromatic nitrogens is 3. The second-order valence-electron chi connectivity index (χ2n) is 7.08. The SMILES string of the molecule is Cc1nnc(N2C[C@@H](F)C[C@H]2CN(C)Cc2nc(-c3cccc(Cl)c3)cs2)o1. The molecule has 0 bridgehead atoms. The molecule has 1 saturated heterocycles. The lowest BCUT2D eigenvalue weighted by atomic mass is 10.2. The van der Waals surface area contributed by atoms with Gasteiger partial charge in [0.25, 0.3) is 0 Å². The van der Waals surface area contributed by atoms with Crippen molar-refractivity contribution in [1.82, 2.24) is 20.1 Å². The van der Waals surface area contributed by atoms with E-state index in [0.29, 0.717) is 36.4 Å². The van der Waals surface area contributed by atoms with Crippen molar-refractivity contribution < 1.29 is 8.81 Å². The summed E-state index contributed by atoms with van der Waals surface area (Å²) in [5.41, 5.74) is 1.93. The zero-order valence-corrected chi connectivity index (χ0v) is 17.3. The van der Waals surface area contributed by atoms with Crippen molar-refractivity contribution in [3.8, 4) is 11.3 Å². The van der Waals surface area contributed by atoms with Crippen LogP contribution < -0.4 is 4.90 Å².